The number of hydrogen-bond donors (Lipinski definition) is 0. The molecule has 0 radical (unpaired) electrons. The summed E-state index contributed by atoms with van der Waals surface area (Å²) in [7, 11) is 0. The van der Waals surface area contributed by atoms with Crippen LogP contribution in [0.2, 0.25) is 5.02 Å². The molecule has 2 heterocycles. The van der Waals surface area contributed by atoms with Gasteiger partial charge in [0.05, 0.1) is 12.7 Å². The molecule has 6 nitrogen and oxygen atoms in total. The molecule has 0 unspecified atom stereocenters. The first kappa shape index (κ1) is 14.8. The topological polar surface area (TPSA) is 60.3 Å². The molecule has 1 saturated heterocycles. The van der Waals surface area contributed by atoms with E-state index in [9.17, 15) is 4.79 Å². The van der Waals surface area contributed by atoms with Crippen molar-refractivity contribution in [1.82, 2.24) is 19.9 Å². The maximum Gasteiger partial charge on any atom is 0.416 e. The third kappa shape index (κ3) is 3.57. The van der Waals surface area contributed by atoms with Gasteiger partial charge in [0, 0.05) is 18.1 Å². The summed E-state index contributed by atoms with van der Waals surface area (Å²) in [4.78, 5) is 13.7. The van der Waals surface area contributed by atoms with Crippen LogP contribution in [0.1, 0.15) is 24.8 Å². The highest BCUT2D eigenvalue weighted by Crippen LogP contribution is 2.17. The van der Waals surface area contributed by atoms with Crippen molar-refractivity contribution < 1.29 is 9.53 Å². The molecule has 0 bridgehead atoms. The Kier molecular flexibility index (Phi) is 4.58. The zero-order valence-corrected chi connectivity index (χ0v) is 12.9. The minimum Gasteiger partial charge on any atom is -0.388 e. The van der Waals surface area contributed by atoms with Crippen molar-refractivity contribution in [2.75, 3.05) is 13.1 Å². The van der Waals surface area contributed by atoms with E-state index in [1.807, 2.05) is 24.3 Å². The number of likely N-dealkylation sites (tertiary alicyclic amines) is 1. The Morgan fingerprint density at radius 1 is 1.23 bits per heavy atom. The maximum atomic E-state index is 12.0. The molecule has 116 valence electrons. The second-order valence-electron chi connectivity index (χ2n) is 5.26. The van der Waals surface area contributed by atoms with E-state index in [2.05, 4.69) is 10.3 Å². The number of aromatic nitrogens is 3. The minimum atomic E-state index is -0.357. The van der Waals surface area contributed by atoms with Crippen molar-refractivity contribution in [3.63, 3.8) is 0 Å². The van der Waals surface area contributed by atoms with E-state index in [4.69, 9.17) is 16.3 Å². The van der Waals surface area contributed by atoms with Gasteiger partial charge in [0.1, 0.15) is 0 Å². The fourth-order valence-electron chi connectivity index (χ4n) is 2.44. The first-order valence-corrected chi connectivity index (χ1v) is 7.70. The van der Waals surface area contributed by atoms with Crippen LogP contribution in [0.4, 0.5) is 4.79 Å². The second kappa shape index (κ2) is 6.79. The summed E-state index contributed by atoms with van der Waals surface area (Å²) in [5, 5.41) is 8.51. The molecule has 0 aliphatic carbocycles. The first-order chi connectivity index (χ1) is 10.7. The lowest BCUT2D eigenvalue weighted by Gasteiger charge is -2.24. The van der Waals surface area contributed by atoms with E-state index >= 15 is 0 Å². The van der Waals surface area contributed by atoms with E-state index in [0.29, 0.717) is 11.6 Å². The summed E-state index contributed by atoms with van der Waals surface area (Å²) in [6.07, 6.45) is 4.45. The molecule has 2 aromatic rings. The van der Waals surface area contributed by atoms with Gasteiger partial charge in [0.25, 0.3) is 5.88 Å². The highest BCUT2D eigenvalue weighted by Gasteiger charge is 2.19. The van der Waals surface area contributed by atoms with Crippen molar-refractivity contribution in [2.24, 2.45) is 0 Å². The SMILES string of the molecule is O=C(Oc1cn(Cc2ccccc2Cl)nn1)N1CCCCC1. The van der Waals surface area contributed by atoms with Gasteiger partial charge in [0.15, 0.2) is 0 Å². The Labute approximate surface area is 133 Å². The number of hydrogen-bond acceptors (Lipinski definition) is 4. The van der Waals surface area contributed by atoms with Gasteiger partial charge in [-0.15, -0.1) is 0 Å². The molecule has 0 saturated carbocycles. The number of ether oxygens (including phenoxy) is 1. The summed E-state index contributed by atoms with van der Waals surface area (Å²) < 4.78 is 6.86. The zero-order valence-electron chi connectivity index (χ0n) is 12.1. The molecular formula is C15H17ClN4O2. The molecule has 7 heteroatoms. The van der Waals surface area contributed by atoms with E-state index in [1.54, 1.807) is 15.8 Å². The minimum absolute atomic E-state index is 0.211. The largest absolute Gasteiger partial charge is 0.416 e. The van der Waals surface area contributed by atoms with E-state index in [-0.39, 0.29) is 12.0 Å². The molecule has 0 atom stereocenters. The summed E-state index contributed by atoms with van der Waals surface area (Å²) >= 11 is 6.11. The Balaban J connectivity index is 1.61. The van der Waals surface area contributed by atoms with Crippen molar-refractivity contribution in [3.05, 3.63) is 41.0 Å². The predicted molar refractivity (Wildman–Crippen MR) is 82.0 cm³/mol. The first-order valence-electron chi connectivity index (χ1n) is 7.33. The smallest absolute Gasteiger partial charge is 0.388 e. The third-order valence-electron chi connectivity index (χ3n) is 3.61. The average Bonchev–Trinajstić information content (AvgIpc) is 2.97. The second-order valence-corrected chi connectivity index (χ2v) is 5.67. The number of amides is 1. The van der Waals surface area contributed by atoms with Crippen molar-refractivity contribution in [1.29, 1.82) is 0 Å². The van der Waals surface area contributed by atoms with Gasteiger partial charge in [-0.1, -0.05) is 40.1 Å². The van der Waals surface area contributed by atoms with Crippen LogP contribution in [0, 0.1) is 0 Å². The molecule has 1 aromatic carbocycles. The van der Waals surface area contributed by atoms with Crippen LogP contribution in [0.25, 0.3) is 0 Å². The van der Waals surface area contributed by atoms with E-state index < -0.39 is 0 Å². The van der Waals surface area contributed by atoms with Gasteiger partial charge < -0.3 is 9.64 Å². The van der Waals surface area contributed by atoms with Gasteiger partial charge in [0.2, 0.25) is 0 Å². The molecule has 3 rings (SSSR count). The molecule has 22 heavy (non-hydrogen) atoms. The molecule has 1 aliphatic heterocycles. The quantitative estimate of drug-likeness (QED) is 0.872. The van der Waals surface area contributed by atoms with Crippen LogP contribution in [0.15, 0.2) is 30.5 Å². The molecule has 1 amide bonds. The fourth-order valence-corrected chi connectivity index (χ4v) is 2.63. The number of halogens is 1. The molecule has 1 fully saturated rings. The Hall–Kier alpha value is -2.08. The van der Waals surface area contributed by atoms with Crippen molar-refractivity contribution >= 4 is 17.7 Å². The molecule has 1 aliphatic rings. The molecule has 0 spiro atoms. The molecular weight excluding hydrogens is 304 g/mol. The predicted octanol–water partition coefficient (Wildman–Crippen LogP) is 2.96. The fraction of sp³-hybridized carbons (Fsp3) is 0.400. The van der Waals surface area contributed by atoms with Crippen LogP contribution >= 0.6 is 11.6 Å². The summed E-state index contributed by atoms with van der Waals surface area (Å²) in [6, 6.07) is 7.53. The average molecular weight is 321 g/mol. The van der Waals surface area contributed by atoms with Gasteiger partial charge >= 0.3 is 6.09 Å². The lowest BCUT2D eigenvalue weighted by molar-refractivity contribution is 0.141. The normalized spacial score (nSPS) is 14.9. The number of piperidine rings is 1. The maximum absolute atomic E-state index is 12.0. The molecule has 1 aromatic heterocycles. The van der Waals surface area contributed by atoms with Gasteiger partial charge in [-0.2, -0.15) is 0 Å². The Morgan fingerprint density at radius 2 is 2.00 bits per heavy atom. The standard InChI is InChI=1S/C15H17ClN4O2/c16-13-7-3-2-6-12(13)10-20-11-14(17-18-20)22-15(21)19-8-4-1-5-9-19/h2-3,6-7,11H,1,4-5,8-10H2. The van der Waals surface area contributed by atoms with Gasteiger partial charge in [-0.25, -0.2) is 9.48 Å². The Bertz CT molecular complexity index is 652. The monoisotopic (exact) mass is 320 g/mol. The highest BCUT2D eigenvalue weighted by atomic mass is 35.5. The molecule has 0 N–H and O–H groups in total. The Morgan fingerprint density at radius 3 is 2.77 bits per heavy atom. The van der Waals surface area contributed by atoms with Gasteiger partial charge in [-0.3, -0.25) is 0 Å². The van der Waals surface area contributed by atoms with Crippen LogP contribution in [0.5, 0.6) is 5.88 Å². The zero-order chi connectivity index (χ0) is 15.4. The summed E-state index contributed by atoms with van der Waals surface area (Å²) in [6.45, 7) is 1.97. The van der Waals surface area contributed by atoms with Crippen LogP contribution in [-0.4, -0.2) is 39.1 Å². The number of nitrogens with zero attached hydrogens (tertiary/aromatic N) is 4. The third-order valence-corrected chi connectivity index (χ3v) is 3.98. The lowest BCUT2D eigenvalue weighted by atomic mass is 10.1. The van der Waals surface area contributed by atoms with Crippen LogP contribution < -0.4 is 4.74 Å². The highest BCUT2D eigenvalue weighted by molar-refractivity contribution is 6.31. The number of rotatable bonds is 3. The van der Waals surface area contributed by atoms with E-state index in [0.717, 1.165) is 37.9 Å². The van der Waals surface area contributed by atoms with Crippen LogP contribution in [0.3, 0.4) is 0 Å². The van der Waals surface area contributed by atoms with Crippen LogP contribution in [-0.2, 0) is 6.54 Å². The number of benzene rings is 1. The van der Waals surface area contributed by atoms with Crippen molar-refractivity contribution in [3.8, 4) is 5.88 Å². The lowest BCUT2D eigenvalue weighted by Crippen LogP contribution is -2.37. The summed E-state index contributed by atoms with van der Waals surface area (Å²) in [5.74, 6) is 0.211. The summed E-state index contributed by atoms with van der Waals surface area (Å²) in [5.41, 5.74) is 0.933. The van der Waals surface area contributed by atoms with Gasteiger partial charge in [-0.05, 0) is 30.9 Å². The van der Waals surface area contributed by atoms with Crippen molar-refractivity contribution in [2.45, 2.75) is 25.8 Å². The number of carbonyl (C=O) groups excluding carboxylic acids is 1. The number of carbonyl (C=O) groups is 1. The van der Waals surface area contributed by atoms with E-state index in [1.165, 1.54) is 0 Å².